The van der Waals surface area contributed by atoms with Crippen LogP contribution in [0.4, 0.5) is 0 Å². The molecule has 0 aromatic heterocycles. The summed E-state index contributed by atoms with van der Waals surface area (Å²) in [4.78, 5) is 15.6. The number of benzene rings is 2. The summed E-state index contributed by atoms with van der Waals surface area (Å²) in [5.41, 5.74) is 2.81. The second-order valence-electron chi connectivity index (χ2n) is 7.81. The lowest BCUT2D eigenvalue weighted by molar-refractivity contribution is -0.130. The van der Waals surface area contributed by atoms with Crippen LogP contribution in [0.5, 0.6) is 0 Å². The van der Waals surface area contributed by atoms with E-state index in [2.05, 4.69) is 35.3 Å². The minimum Gasteiger partial charge on any atom is -0.381 e. The SMILES string of the molecule is Cc1cccc(C2(C(=O)NCC(c3cccc(Cl)c3)N(C)C)CCOCC2)c1. The summed E-state index contributed by atoms with van der Waals surface area (Å²) < 4.78 is 5.57. The van der Waals surface area contributed by atoms with Crippen molar-refractivity contribution in [1.29, 1.82) is 0 Å². The van der Waals surface area contributed by atoms with Crippen molar-refractivity contribution < 1.29 is 9.53 Å². The Labute approximate surface area is 172 Å². The standard InChI is InChI=1S/C23H29ClN2O2/c1-17-6-4-8-19(14-17)23(10-12-28-13-11-23)22(27)25-16-21(26(2)3)18-7-5-9-20(24)15-18/h4-9,14-15,21H,10-13,16H2,1-3H3,(H,25,27). The highest BCUT2D eigenvalue weighted by Gasteiger charge is 2.41. The third-order valence-corrected chi connectivity index (χ3v) is 5.90. The number of hydrogen-bond acceptors (Lipinski definition) is 3. The number of ether oxygens (including phenoxy) is 1. The number of carbonyl (C=O) groups excluding carboxylic acids is 1. The molecule has 5 heteroatoms. The molecular formula is C23H29ClN2O2. The number of amides is 1. The zero-order valence-electron chi connectivity index (χ0n) is 16.9. The fourth-order valence-electron chi connectivity index (χ4n) is 3.98. The number of likely N-dealkylation sites (N-methyl/N-ethyl adjacent to an activating group) is 1. The topological polar surface area (TPSA) is 41.6 Å². The van der Waals surface area contributed by atoms with Crippen molar-refractivity contribution in [1.82, 2.24) is 10.2 Å². The number of carbonyl (C=O) groups is 1. The predicted molar refractivity (Wildman–Crippen MR) is 114 cm³/mol. The van der Waals surface area contributed by atoms with Crippen molar-refractivity contribution in [3.63, 3.8) is 0 Å². The second kappa shape index (κ2) is 9.08. The van der Waals surface area contributed by atoms with Crippen LogP contribution in [0.2, 0.25) is 5.02 Å². The van der Waals surface area contributed by atoms with Crippen LogP contribution >= 0.6 is 11.6 Å². The number of hydrogen-bond donors (Lipinski definition) is 1. The predicted octanol–water partition coefficient (Wildman–Crippen LogP) is 4.12. The molecule has 1 saturated heterocycles. The first-order chi connectivity index (χ1) is 13.4. The van der Waals surface area contributed by atoms with Gasteiger partial charge in [0.25, 0.3) is 0 Å². The molecule has 2 aromatic carbocycles. The third kappa shape index (κ3) is 4.57. The highest BCUT2D eigenvalue weighted by Crippen LogP contribution is 2.36. The average molecular weight is 401 g/mol. The van der Waals surface area contributed by atoms with E-state index in [0.717, 1.165) is 11.1 Å². The van der Waals surface area contributed by atoms with E-state index in [0.29, 0.717) is 37.6 Å². The van der Waals surface area contributed by atoms with Gasteiger partial charge in [0, 0.05) is 24.8 Å². The second-order valence-corrected chi connectivity index (χ2v) is 8.24. The molecule has 0 bridgehead atoms. The van der Waals surface area contributed by atoms with E-state index in [1.165, 1.54) is 5.56 Å². The van der Waals surface area contributed by atoms with Crippen molar-refractivity contribution in [3.8, 4) is 0 Å². The van der Waals surface area contributed by atoms with E-state index in [1.54, 1.807) is 0 Å². The summed E-state index contributed by atoms with van der Waals surface area (Å²) in [6.45, 7) is 3.80. The van der Waals surface area contributed by atoms with Crippen LogP contribution in [0.1, 0.15) is 35.6 Å². The first-order valence-corrected chi connectivity index (χ1v) is 10.2. The Morgan fingerprint density at radius 1 is 1.18 bits per heavy atom. The summed E-state index contributed by atoms with van der Waals surface area (Å²) in [6.07, 6.45) is 1.40. The van der Waals surface area contributed by atoms with E-state index >= 15 is 0 Å². The van der Waals surface area contributed by atoms with Gasteiger partial charge in [-0.05, 0) is 57.1 Å². The molecule has 28 heavy (non-hydrogen) atoms. The highest BCUT2D eigenvalue weighted by atomic mass is 35.5. The molecule has 1 fully saturated rings. The Balaban J connectivity index is 1.81. The van der Waals surface area contributed by atoms with E-state index in [-0.39, 0.29) is 11.9 Å². The molecule has 0 spiro atoms. The molecule has 2 aromatic rings. The Bertz CT molecular complexity index is 816. The molecule has 0 aliphatic carbocycles. The van der Waals surface area contributed by atoms with Gasteiger partial charge in [0.05, 0.1) is 11.5 Å². The van der Waals surface area contributed by atoms with E-state index in [4.69, 9.17) is 16.3 Å². The summed E-state index contributed by atoms with van der Waals surface area (Å²) in [7, 11) is 4.03. The van der Waals surface area contributed by atoms with Crippen LogP contribution in [0.15, 0.2) is 48.5 Å². The molecule has 1 aliphatic heterocycles. The number of nitrogens with zero attached hydrogens (tertiary/aromatic N) is 1. The monoisotopic (exact) mass is 400 g/mol. The zero-order valence-corrected chi connectivity index (χ0v) is 17.6. The minimum absolute atomic E-state index is 0.0528. The molecule has 0 radical (unpaired) electrons. The zero-order chi connectivity index (χ0) is 20.1. The van der Waals surface area contributed by atoms with Crippen molar-refractivity contribution in [2.24, 2.45) is 0 Å². The molecule has 4 nitrogen and oxygen atoms in total. The van der Waals surface area contributed by atoms with Crippen molar-refractivity contribution in [3.05, 3.63) is 70.2 Å². The van der Waals surface area contributed by atoms with Gasteiger partial charge in [0.2, 0.25) is 5.91 Å². The van der Waals surface area contributed by atoms with Gasteiger partial charge in [-0.15, -0.1) is 0 Å². The van der Waals surface area contributed by atoms with Crippen LogP contribution in [0, 0.1) is 6.92 Å². The maximum atomic E-state index is 13.4. The van der Waals surface area contributed by atoms with Gasteiger partial charge in [-0.1, -0.05) is 53.6 Å². The van der Waals surface area contributed by atoms with Crippen LogP contribution in [0.3, 0.4) is 0 Å². The molecule has 1 aliphatic rings. The Morgan fingerprint density at radius 3 is 2.54 bits per heavy atom. The molecule has 1 heterocycles. The van der Waals surface area contributed by atoms with Gasteiger partial charge in [0.15, 0.2) is 0 Å². The average Bonchev–Trinajstić information content (AvgIpc) is 2.68. The van der Waals surface area contributed by atoms with Crippen molar-refractivity contribution in [2.45, 2.75) is 31.2 Å². The number of nitrogens with one attached hydrogen (secondary N) is 1. The van der Waals surface area contributed by atoms with Crippen LogP contribution in [-0.2, 0) is 14.9 Å². The van der Waals surface area contributed by atoms with Gasteiger partial charge < -0.3 is 15.0 Å². The molecule has 0 saturated carbocycles. The van der Waals surface area contributed by atoms with Crippen molar-refractivity contribution >= 4 is 17.5 Å². The molecule has 1 unspecified atom stereocenters. The first kappa shape index (κ1) is 20.8. The number of halogens is 1. The summed E-state index contributed by atoms with van der Waals surface area (Å²) in [6, 6.07) is 16.2. The van der Waals surface area contributed by atoms with Gasteiger partial charge in [-0.2, -0.15) is 0 Å². The van der Waals surface area contributed by atoms with Crippen molar-refractivity contribution in [2.75, 3.05) is 33.9 Å². The van der Waals surface area contributed by atoms with E-state index < -0.39 is 5.41 Å². The lowest BCUT2D eigenvalue weighted by Gasteiger charge is -2.37. The lowest BCUT2D eigenvalue weighted by Crippen LogP contribution is -2.49. The Morgan fingerprint density at radius 2 is 1.89 bits per heavy atom. The highest BCUT2D eigenvalue weighted by molar-refractivity contribution is 6.30. The normalized spacial score (nSPS) is 17.3. The third-order valence-electron chi connectivity index (χ3n) is 5.66. The van der Waals surface area contributed by atoms with E-state index in [9.17, 15) is 4.79 Å². The molecule has 1 amide bonds. The molecule has 1 N–H and O–H groups in total. The van der Waals surface area contributed by atoms with Crippen LogP contribution in [-0.4, -0.2) is 44.7 Å². The summed E-state index contributed by atoms with van der Waals surface area (Å²) in [5, 5.41) is 3.94. The fourth-order valence-corrected chi connectivity index (χ4v) is 4.18. The van der Waals surface area contributed by atoms with Gasteiger partial charge in [-0.3, -0.25) is 4.79 Å². The molecule has 1 atom stereocenters. The quantitative estimate of drug-likeness (QED) is 0.793. The van der Waals surface area contributed by atoms with Gasteiger partial charge in [-0.25, -0.2) is 0 Å². The smallest absolute Gasteiger partial charge is 0.230 e. The van der Waals surface area contributed by atoms with Crippen LogP contribution < -0.4 is 5.32 Å². The fraction of sp³-hybridized carbons (Fsp3) is 0.435. The first-order valence-electron chi connectivity index (χ1n) is 9.77. The molecule has 3 rings (SSSR count). The Hall–Kier alpha value is -1.88. The van der Waals surface area contributed by atoms with E-state index in [1.807, 2.05) is 44.4 Å². The summed E-state index contributed by atoms with van der Waals surface area (Å²) >= 11 is 6.18. The molecule has 150 valence electrons. The summed E-state index contributed by atoms with van der Waals surface area (Å²) in [5.74, 6) is 0.0790. The maximum absolute atomic E-state index is 13.4. The number of rotatable bonds is 6. The van der Waals surface area contributed by atoms with Gasteiger partial charge in [0.1, 0.15) is 0 Å². The maximum Gasteiger partial charge on any atom is 0.230 e. The number of aryl methyl sites for hydroxylation is 1. The minimum atomic E-state index is -0.532. The largest absolute Gasteiger partial charge is 0.381 e. The van der Waals surface area contributed by atoms with Crippen LogP contribution in [0.25, 0.3) is 0 Å². The van der Waals surface area contributed by atoms with Gasteiger partial charge >= 0.3 is 0 Å². The molecular weight excluding hydrogens is 372 g/mol. The lowest BCUT2D eigenvalue weighted by atomic mass is 9.73. The Kier molecular flexibility index (Phi) is 6.76.